The minimum Gasteiger partial charge on any atom is -0.373 e. The summed E-state index contributed by atoms with van der Waals surface area (Å²) in [4.78, 5) is 9.99. The van der Waals surface area contributed by atoms with Crippen molar-refractivity contribution in [3.8, 4) is 11.3 Å². The monoisotopic (exact) mass is 245 g/mol. The molecule has 4 heteroatoms. The van der Waals surface area contributed by atoms with Gasteiger partial charge in [-0.1, -0.05) is 12.1 Å². The second-order valence-corrected chi connectivity index (χ2v) is 4.54. The van der Waals surface area contributed by atoms with Gasteiger partial charge in [0.15, 0.2) is 0 Å². The molecule has 0 radical (unpaired) electrons. The summed E-state index contributed by atoms with van der Waals surface area (Å²) in [5, 5.41) is 3.05. The molecule has 0 aliphatic carbocycles. The number of rotatable bonds is 3. The molecule has 0 saturated heterocycles. The van der Waals surface area contributed by atoms with Crippen LogP contribution in [0, 0.1) is 6.92 Å². The predicted octanol–water partition coefficient (Wildman–Crippen LogP) is 3.22. The number of thioether (sulfide) groups is 1. The number of nitrogens with one attached hydrogen (secondary N) is 1. The van der Waals surface area contributed by atoms with Crippen molar-refractivity contribution < 1.29 is 0 Å². The lowest BCUT2D eigenvalue weighted by Crippen LogP contribution is -1.98. The SMILES string of the molecule is CNc1cc(-c2ccc(SC)cc2)nc(C)n1. The van der Waals surface area contributed by atoms with E-state index in [2.05, 4.69) is 45.8 Å². The maximum absolute atomic E-state index is 4.45. The molecular weight excluding hydrogens is 230 g/mol. The van der Waals surface area contributed by atoms with Gasteiger partial charge in [-0.15, -0.1) is 11.8 Å². The lowest BCUT2D eigenvalue weighted by Gasteiger charge is -2.06. The van der Waals surface area contributed by atoms with Crippen molar-refractivity contribution in [2.75, 3.05) is 18.6 Å². The molecule has 1 aromatic heterocycles. The molecule has 0 bridgehead atoms. The molecule has 0 aliphatic rings. The Balaban J connectivity index is 2.41. The molecule has 0 fully saturated rings. The summed E-state index contributed by atoms with van der Waals surface area (Å²) in [5.41, 5.74) is 2.07. The third-order valence-electron chi connectivity index (χ3n) is 2.48. The van der Waals surface area contributed by atoms with Crippen LogP contribution in [0.1, 0.15) is 5.82 Å². The van der Waals surface area contributed by atoms with Crippen LogP contribution in [-0.2, 0) is 0 Å². The zero-order chi connectivity index (χ0) is 12.3. The first kappa shape index (κ1) is 11.9. The number of nitrogens with zero attached hydrogens (tertiary/aromatic N) is 2. The van der Waals surface area contributed by atoms with Crippen LogP contribution >= 0.6 is 11.8 Å². The first-order chi connectivity index (χ1) is 8.22. The van der Waals surface area contributed by atoms with E-state index in [0.717, 1.165) is 22.9 Å². The highest BCUT2D eigenvalue weighted by atomic mass is 32.2. The van der Waals surface area contributed by atoms with E-state index in [1.807, 2.05) is 20.0 Å². The Hall–Kier alpha value is -1.55. The number of hydrogen-bond donors (Lipinski definition) is 1. The molecule has 2 rings (SSSR count). The Labute approximate surface area is 106 Å². The molecular formula is C13H15N3S. The summed E-state index contributed by atoms with van der Waals surface area (Å²) in [6.45, 7) is 1.90. The second-order valence-electron chi connectivity index (χ2n) is 3.66. The molecule has 1 aromatic carbocycles. The molecule has 0 spiro atoms. The number of hydrogen-bond acceptors (Lipinski definition) is 4. The van der Waals surface area contributed by atoms with Crippen LogP contribution in [0.25, 0.3) is 11.3 Å². The number of aryl methyl sites for hydroxylation is 1. The molecule has 0 aliphatic heterocycles. The fraction of sp³-hybridized carbons (Fsp3) is 0.231. The van der Waals surface area contributed by atoms with Crippen molar-refractivity contribution in [2.24, 2.45) is 0 Å². The van der Waals surface area contributed by atoms with E-state index < -0.39 is 0 Å². The van der Waals surface area contributed by atoms with Gasteiger partial charge in [-0.05, 0) is 25.3 Å². The Morgan fingerprint density at radius 2 is 1.82 bits per heavy atom. The van der Waals surface area contributed by atoms with Gasteiger partial charge in [0.05, 0.1) is 5.69 Å². The van der Waals surface area contributed by atoms with E-state index in [0.29, 0.717) is 0 Å². The van der Waals surface area contributed by atoms with E-state index >= 15 is 0 Å². The number of anilines is 1. The molecule has 0 amide bonds. The van der Waals surface area contributed by atoms with Crippen molar-refractivity contribution in [3.05, 3.63) is 36.2 Å². The van der Waals surface area contributed by atoms with E-state index in [-0.39, 0.29) is 0 Å². The minimum atomic E-state index is 0.779. The highest BCUT2D eigenvalue weighted by molar-refractivity contribution is 7.98. The summed E-state index contributed by atoms with van der Waals surface area (Å²) in [7, 11) is 1.86. The molecule has 2 aromatic rings. The maximum atomic E-state index is 4.45. The van der Waals surface area contributed by atoms with Gasteiger partial charge in [0.2, 0.25) is 0 Å². The largest absolute Gasteiger partial charge is 0.373 e. The third-order valence-corrected chi connectivity index (χ3v) is 3.22. The minimum absolute atomic E-state index is 0.779. The van der Waals surface area contributed by atoms with Crippen LogP contribution < -0.4 is 5.32 Å². The van der Waals surface area contributed by atoms with Crippen molar-refractivity contribution in [3.63, 3.8) is 0 Å². The van der Waals surface area contributed by atoms with Crippen LogP contribution in [0.5, 0.6) is 0 Å². The van der Waals surface area contributed by atoms with E-state index in [1.165, 1.54) is 4.90 Å². The highest BCUT2D eigenvalue weighted by Gasteiger charge is 2.03. The lowest BCUT2D eigenvalue weighted by molar-refractivity contribution is 1.06. The van der Waals surface area contributed by atoms with Gasteiger partial charge in [0, 0.05) is 23.6 Å². The topological polar surface area (TPSA) is 37.8 Å². The normalized spacial score (nSPS) is 10.3. The maximum Gasteiger partial charge on any atom is 0.130 e. The van der Waals surface area contributed by atoms with Gasteiger partial charge in [0.25, 0.3) is 0 Å². The Morgan fingerprint density at radius 3 is 2.41 bits per heavy atom. The predicted molar refractivity (Wildman–Crippen MR) is 73.5 cm³/mol. The van der Waals surface area contributed by atoms with Crippen LogP contribution in [-0.4, -0.2) is 23.3 Å². The van der Waals surface area contributed by atoms with Crippen molar-refractivity contribution in [1.82, 2.24) is 9.97 Å². The van der Waals surface area contributed by atoms with Gasteiger partial charge >= 0.3 is 0 Å². The van der Waals surface area contributed by atoms with Crippen molar-refractivity contribution in [2.45, 2.75) is 11.8 Å². The van der Waals surface area contributed by atoms with Crippen molar-refractivity contribution in [1.29, 1.82) is 0 Å². The van der Waals surface area contributed by atoms with Gasteiger partial charge < -0.3 is 5.32 Å². The molecule has 1 N–H and O–H groups in total. The third kappa shape index (κ3) is 2.77. The second kappa shape index (κ2) is 5.19. The van der Waals surface area contributed by atoms with Gasteiger partial charge in [-0.3, -0.25) is 0 Å². The zero-order valence-electron chi connectivity index (χ0n) is 10.2. The Morgan fingerprint density at radius 1 is 1.12 bits per heavy atom. The average Bonchev–Trinajstić information content (AvgIpc) is 2.38. The van der Waals surface area contributed by atoms with Gasteiger partial charge in [-0.2, -0.15) is 0 Å². The lowest BCUT2D eigenvalue weighted by atomic mass is 10.1. The molecule has 17 heavy (non-hydrogen) atoms. The molecule has 0 unspecified atom stereocenters. The standard InChI is InChI=1S/C13H15N3S/c1-9-15-12(8-13(14-2)16-9)10-4-6-11(17-3)7-5-10/h4-8H,1-3H3,(H,14,15,16). The van der Waals surface area contributed by atoms with E-state index in [9.17, 15) is 0 Å². The molecule has 0 atom stereocenters. The fourth-order valence-corrected chi connectivity index (χ4v) is 2.01. The van der Waals surface area contributed by atoms with Crippen molar-refractivity contribution >= 4 is 17.6 Å². The van der Waals surface area contributed by atoms with Crippen LogP contribution in [0.2, 0.25) is 0 Å². The number of aromatic nitrogens is 2. The van der Waals surface area contributed by atoms with Crippen LogP contribution in [0.4, 0.5) is 5.82 Å². The summed E-state index contributed by atoms with van der Waals surface area (Å²) < 4.78 is 0. The summed E-state index contributed by atoms with van der Waals surface area (Å²) in [6, 6.07) is 10.4. The van der Waals surface area contributed by atoms with Gasteiger partial charge in [-0.25, -0.2) is 9.97 Å². The average molecular weight is 245 g/mol. The number of benzene rings is 1. The summed E-state index contributed by atoms with van der Waals surface area (Å²) >= 11 is 1.74. The van der Waals surface area contributed by atoms with Crippen LogP contribution in [0.15, 0.2) is 35.2 Å². The van der Waals surface area contributed by atoms with Gasteiger partial charge in [0.1, 0.15) is 11.6 Å². The molecule has 1 heterocycles. The van der Waals surface area contributed by atoms with E-state index in [1.54, 1.807) is 11.8 Å². The fourth-order valence-electron chi connectivity index (χ4n) is 1.61. The van der Waals surface area contributed by atoms with Crippen LogP contribution in [0.3, 0.4) is 0 Å². The zero-order valence-corrected chi connectivity index (χ0v) is 11.0. The van der Waals surface area contributed by atoms with E-state index in [4.69, 9.17) is 0 Å². The highest BCUT2D eigenvalue weighted by Crippen LogP contribution is 2.23. The summed E-state index contributed by atoms with van der Waals surface area (Å²) in [6.07, 6.45) is 2.07. The smallest absolute Gasteiger partial charge is 0.130 e. The quantitative estimate of drug-likeness (QED) is 0.843. The first-order valence-electron chi connectivity index (χ1n) is 5.41. The first-order valence-corrected chi connectivity index (χ1v) is 6.63. The summed E-state index contributed by atoms with van der Waals surface area (Å²) in [5.74, 6) is 1.63. The molecule has 88 valence electrons. The molecule has 3 nitrogen and oxygen atoms in total. The Bertz CT molecular complexity index is 509. The molecule has 0 saturated carbocycles. The Kier molecular flexibility index (Phi) is 3.64.